The molecule has 4 nitrogen and oxygen atoms in total. The van der Waals surface area contributed by atoms with Crippen molar-refractivity contribution in [3.63, 3.8) is 0 Å². The number of hydrogen-bond acceptors (Lipinski definition) is 2. The molecule has 2 N–H and O–H groups in total. The lowest BCUT2D eigenvalue weighted by Gasteiger charge is -2.61. The molecule has 0 radical (unpaired) electrons. The molecule has 1 heterocycles. The molecule has 134 valence electrons. The van der Waals surface area contributed by atoms with Gasteiger partial charge < -0.3 is 10.6 Å². The van der Waals surface area contributed by atoms with Crippen molar-refractivity contribution < 1.29 is 9.59 Å². The summed E-state index contributed by atoms with van der Waals surface area (Å²) in [4.78, 5) is 26.2. The summed E-state index contributed by atoms with van der Waals surface area (Å²) in [6.07, 6.45) is 8.59. The number of nitrogens with two attached hydrogens (primary N) is 1. The monoisotopic (exact) mass is 332 g/mol. The molecule has 0 spiro atoms. The van der Waals surface area contributed by atoms with Crippen LogP contribution < -0.4 is 5.73 Å². The van der Waals surface area contributed by atoms with Crippen LogP contribution in [0.5, 0.6) is 0 Å². The second kappa shape index (κ2) is 5.22. The Morgan fingerprint density at radius 2 is 1.75 bits per heavy atom. The zero-order valence-electron chi connectivity index (χ0n) is 15.4. The number of primary amides is 1. The summed E-state index contributed by atoms with van der Waals surface area (Å²) in [5.41, 5.74) is 6.12. The molecule has 7 atom stereocenters. The molecule has 4 fully saturated rings. The molecule has 24 heavy (non-hydrogen) atoms. The van der Waals surface area contributed by atoms with Crippen LogP contribution in [0.2, 0.25) is 0 Å². The summed E-state index contributed by atoms with van der Waals surface area (Å²) in [5.74, 6) is 2.39. The van der Waals surface area contributed by atoms with E-state index in [0.717, 1.165) is 31.6 Å². The second-order valence-corrected chi connectivity index (χ2v) is 9.56. The molecule has 0 aromatic carbocycles. The molecule has 4 rings (SSSR count). The van der Waals surface area contributed by atoms with E-state index in [2.05, 4.69) is 13.8 Å². The number of nitrogens with zero attached hydrogens (tertiary/aromatic N) is 1. The van der Waals surface area contributed by atoms with E-state index in [0.29, 0.717) is 30.2 Å². The molecular weight excluding hydrogens is 300 g/mol. The molecular formula is C20H32N2O2. The molecule has 3 aliphatic carbocycles. The summed E-state index contributed by atoms with van der Waals surface area (Å²) in [5, 5.41) is 0. The van der Waals surface area contributed by atoms with Crippen molar-refractivity contribution in [1.82, 2.24) is 4.90 Å². The lowest BCUT2D eigenvalue weighted by Crippen LogP contribution is -2.61. The zero-order chi connectivity index (χ0) is 17.3. The van der Waals surface area contributed by atoms with E-state index in [9.17, 15) is 9.59 Å². The van der Waals surface area contributed by atoms with Crippen LogP contribution >= 0.6 is 0 Å². The molecule has 2 amide bonds. The molecule has 3 saturated carbocycles. The topological polar surface area (TPSA) is 63.4 Å². The number of amides is 2. The normalized spacial score (nSPS) is 50.9. The first-order valence-corrected chi connectivity index (χ1v) is 9.84. The van der Waals surface area contributed by atoms with Crippen molar-refractivity contribution in [3.05, 3.63) is 0 Å². The fourth-order valence-corrected chi connectivity index (χ4v) is 7.62. The largest absolute Gasteiger partial charge is 0.369 e. The van der Waals surface area contributed by atoms with Crippen molar-refractivity contribution >= 4 is 11.8 Å². The number of rotatable bonds is 1. The Bertz CT molecular complexity index is 576. The lowest BCUT2D eigenvalue weighted by molar-refractivity contribution is -0.159. The molecule has 4 aliphatic rings. The molecule has 4 heteroatoms. The predicted molar refractivity (Wildman–Crippen MR) is 92.9 cm³/mol. The first kappa shape index (κ1) is 16.4. The van der Waals surface area contributed by atoms with Gasteiger partial charge in [-0.2, -0.15) is 0 Å². The van der Waals surface area contributed by atoms with Gasteiger partial charge in [0.2, 0.25) is 11.8 Å². The molecule has 0 bridgehead atoms. The standard InChI is InChI=1S/C20H32N2O2/c1-19-10-8-14-12(13(19)5-6-15(19)18(21)24)4-7-16-20(14,2)11-9-17(23)22(16)3/h12-16H,4-11H2,1-3H3,(H2,21,24). The van der Waals surface area contributed by atoms with Gasteiger partial charge in [-0.25, -0.2) is 0 Å². The molecule has 7 unspecified atom stereocenters. The van der Waals surface area contributed by atoms with Gasteiger partial charge in [-0.05, 0) is 73.5 Å². The van der Waals surface area contributed by atoms with Gasteiger partial charge in [-0.1, -0.05) is 13.8 Å². The van der Waals surface area contributed by atoms with Crippen molar-refractivity contribution in [2.24, 2.45) is 40.2 Å². The third-order valence-corrected chi connectivity index (χ3v) is 8.90. The number of likely N-dealkylation sites (tertiary alicyclic amines) is 1. The maximum Gasteiger partial charge on any atom is 0.222 e. The minimum Gasteiger partial charge on any atom is -0.369 e. The van der Waals surface area contributed by atoms with Crippen LogP contribution in [0.25, 0.3) is 0 Å². The Kier molecular flexibility index (Phi) is 3.57. The van der Waals surface area contributed by atoms with Gasteiger partial charge in [-0.15, -0.1) is 0 Å². The van der Waals surface area contributed by atoms with Crippen LogP contribution in [-0.2, 0) is 9.59 Å². The Balaban J connectivity index is 1.64. The van der Waals surface area contributed by atoms with E-state index in [1.54, 1.807) is 0 Å². The first-order chi connectivity index (χ1) is 11.3. The Labute approximate surface area is 145 Å². The van der Waals surface area contributed by atoms with Crippen molar-refractivity contribution in [3.8, 4) is 0 Å². The van der Waals surface area contributed by atoms with Crippen LogP contribution in [0.4, 0.5) is 0 Å². The van der Waals surface area contributed by atoms with E-state index in [1.165, 1.54) is 19.3 Å². The summed E-state index contributed by atoms with van der Waals surface area (Å²) >= 11 is 0. The van der Waals surface area contributed by atoms with Crippen molar-refractivity contribution in [1.29, 1.82) is 0 Å². The highest BCUT2D eigenvalue weighted by Gasteiger charge is 2.61. The minimum atomic E-state index is -0.0821. The first-order valence-electron chi connectivity index (χ1n) is 9.84. The summed E-state index contributed by atoms with van der Waals surface area (Å²) in [6.45, 7) is 4.78. The van der Waals surface area contributed by atoms with Gasteiger partial charge in [-0.3, -0.25) is 9.59 Å². The van der Waals surface area contributed by atoms with E-state index in [1.807, 2.05) is 11.9 Å². The number of fused-ring (bicyclic) bond motifs is 5. The maximum atomic E-state index is 12.2. The highest BCUT2D eigenvalue weighted by molar-refractivity contribution is 5.78. The van der Waals surface area contributed by atoms with Crippen LogP contribution in [0.15, 0.2) is 0 Å². The van der Waals surface area contributed by atoms with E-state index < -0.39 is 0 Å². The smallest absolute Gasteiger partial charge is 0.222 e. The fraction of sp³-hybridized carbons (Fsp3) is 0.900. The molecule has 1 saturated heterocycles. The van der Waals surface area contributed by atoms with Gasteiger partial charge in [0.05, 0.1) is 0 Å². The summed E-state index contributed by atoms with van der Waals surface area (Å²) in [6, 6.07) is 0.415. The molecule has 0 aromatic heterocycles. The van der Waals surface area contributed by atoms with Crippen molar-refractivity contribution in [2.75, 3.05) is 7.05 Å². The average Bonchev–Trinajstić information content (AvgIpc) is 2.89. The highest BCUT2D eigenvalue weighted by atomic mass is 16.2. The van der Waals surface area contributed by atoms with Crippen LogP contribution in [-0.4, -0.2) is 29.8 Å². The number of carbonyl (C=O) groups excluding carboxylic acids is 2. The van der Waals surface area contributed by atoms with Crippen molar-refractivity contribution in [2.45, 2.75) is 71.3 Å². The minimum absolute atomic E-state index is 0.0737. The van der Waals surface area contributed by atoms with Gasteiger partial charge in [0.15, 0.2) is 0 Å². The zero-order valence-corrected chi connectivity index (χ0v) is 15.4. The lowest BCUT2D eigenvalue weighted by atomic mass is 9.47. The van der Waals surface area contributed by atoms with E-state index in [-0.39, 0.29) is 22.7 Å². The highest BCUT2D eigenvalue weighted by Crippen LogP contribution is 2.66. The maximum absolute atomic E-state index is 12.2. The Hall–Kier alpha value is -1.06. The van der Waals surface area contributed by atoms with Gasteiger partial charge in [0, 0.05) is 25.4 Å². The third-order valence-electron chi connectivity index (χ3n) is 8.90. The Morgan fingerprint density at radius 3 is 2.46 bits per heavy atom. The van der Waals surface area contributed by atoms with Crippen LogP contribution in [0.3, 0.4) is 0 Å². The summed E-state index contributed by atoms with van der Waals surface area (Å²) < 4.78 is 0. The van der Waals surface area contributed by atoms with Crippen LogP contribution in [0.1, 0.15) is 65.2 Å². The molecule has 1 aliphatic heterocycles. The fourth-order valence-electron chi connectivity index (χ4n) is 7.62. The Morgan fingerprint density at radius 1 is 1.04 bits per heavy atom. The SMILES string of the molecule is CN1C(=O)CCC2(C)C3CCC4(C)C(C(N)=O)CCC4C3CCC12. The second-order valence-electron chi connectivity index (χ2n) is 9.56. The average molecular weight is 332 g/mol. The van der Waals surface area contributed by atoms with E-state index in [4.69, 9.17) is 5.73 Å². The number of carbonyl (C=O) groups is 2. The van der Waals surface area contributed by atoms with Gasteiger partial charge >= 0.3 is 0 Å². The predicted octanol–water partition coefficient (Wildman–Crippen LogP) is 2.95. The quantitative estimate of drug-likeness (QED) is 0.802. The summed E-state index contributed by atoms with van der Waals surface area (Å²) in [7, 11) is 2.01. The third kappa shape index (κ3) is 1.97. The van der Waals surface area contributed by atoms with E-state index >= 15 is 0 Å². The number of hydrogen-bond donors (Lipinski definition) is 1. The van der Waals surface area contributed by atoms with Gasteiger partial charge in [0.1, 0.15) is 0 Å². The van der Waals surface area contributed by atoms with Gasteiger partial charge in [0.25, 0.3) is 0 Å². The number of piperidine rings is 1. The van der Waals surface area contributed by atoms with Crippen LogP contribution in [0, 0.1) is 34.5 Å². The molecule has 0 aromatic rings.